The molecule has 0 saturated carbocycles. The number of furan rings is 1. The van der Waals surface area contributed by atoms with Gasteiger partial charge in [0.15, 0.2) is 10.4 Å². The van der Waals surface area contributed by atoms with Gasteiger partial charge in [-0.1, -0.05) is 57.0 Å². The van der Waals surface area contributed by atoms with E-state index in [0.29, 0.717) is 16.3 Å². The molecule has 21 heavy (non-hydrogen) atoms. The Bertz CT molecular complexity index is 575. The predicted octanol–water partition coefficient (Wildman–Crippen LogP) is 4.95. The van der Waals surface area contributed by atoms with Crippen molar-refractivity contribution in [2.45, 2.75) is 32.7 Å². The minimum absolute atomic E-state index is 0.00224. The Hall–Kier alpha value is -1.55. The minimum atomic E-state index is -0.179. The van der Waals surface area contributed by atoms with Crippen molar-refractivity contribution in [3.63, 3.8) is 0 Å². The summed E-state index contributed by atoms with van der Waals surface area (Å²) in [5.41, 5.74) is 1.13. The lowest BCUT2D eigenvalue weighted by Crippen LogP contribution is -2.33. The Labute approximate surface area is 133 Å². The minimum Gasteiger partial charge on any atom is -0.444 e. The maximum atomic E-state index is 12.4. The molecule has 0 aliphatic heterocycles. The Kier molecular flexibility index (Phi) is 5.62. The standard InChI is InChI=1S/C17H20BrNO2/c1-3-12(4-2)16(13-8-6-5-7-9-13)19-17(20)14-10-11-15(18)21-14/h5-12,16H,3-4H2,1-2H3,(H,19,20). The number of rotatable bonds is 6. The van der Waals surface area contributed by atoms with E-state index in [1.807, 2.05) is 18.2 Å². The van der Waals surface area contributed by atoms with E-state index in [1.54, 1.807) is 12.1 Å². The molecule has 1 heterocycles. The SMILES string of the molecule is CCC(CC)C(NC(=O)c1ccc(Br)o1)c1ccccc1. The van der Waals surface area contributed by atoms with Crippen molar-refractivity contribution >= 4 is 21.8 Å². The third kappa shape index (κ3) is 3.97. The van der Waals surface area contributed by atoms with Gasteiger partial charge in [0, 0.05) is 0 Å². The zero-order valence-electron chi connectivity index (χ0n) is 12.3. The van der Waals surface area contributed by atoms with Crippen molar-refractivity contribution in [2.75, 3.05) is 0 Å². The summed E-state index contributed by atoms with van der Waals surface area (Å²) >= 11 is 3.22. The summed E-state index contributed by atoms with van der Waals surface area (Å²) in [4.78, 5) is 12.4. The smallest absolute Gasteiger partial charge is 0.287 e. The zero-order valence-corrected chi connectivity index (χ0v) is 13.9. The van der Waals surface area contributed by atoms with Crippen molar-refractivity contribution in [3.8, 4) is 0 Å². The van der Waals surface area contributed by atoms with E-state index < -0.39 is 0 Å². The maximum Gasteiger partial charge on any atom is 0.287 e. The first kappa shape index (κ1) is 15.8. The third-order valence-electron chi connectivity index (χ3n) is 3.76. The Morgan fingerprint density at radius 3 is 2.33 bits per heavy atom. The number of hydrogen-bond acceptors (Lipinski definition) is 2. The van der Waals surface area contributed by atoms with E-state index in [-0.39, 0.29) is 11.9 Å². The molecule has 0 fully saturated rings. The molecule has 1 unspecified atom stereocenters. The molecule has 2 aromatic rings. The van der Waals surface area contributed by atoms with Crippen molar-refractivity contribution < 1.29 is 9.21 Å². The van der Waals surface area contributed by atoms with Gasteiger partial charge in [0.25, 0.3) is 5.91 Å². The predicted molar refractivity (Wildman–Crippen MR) is 87.1 cm³/mol. The topological polar surface area (TPSA) is 42.2 Å². The largest absolute Gasteiger partial charge is 0.444 e. The number of carbonyl (C=O) groups is 1. The summed E-state index contributed by atoms with van der Waals surface area (Å²) in [6.45, 7) is 4.31. The van der Waals surface area contributed by atoms with Crippen molar-refractivity contribution in [1.29, 1.82) is 0 Å². The zero-order chi connectivity index (χ0) is 15.2. The Balaban J connectivity index is 2.22. The molecule has 0 saturated heterocycles. The van der Waals surface area contributed by atoms with E-state index >= 15 is 0 Å². The van der Waals surface area contributed by atoms with Crippen LogP contribution in [0.15, 0.2) is 51.6 Å². The van der Waals surface area contributed by atoms with Gasteiger partial charge >= 0.3 is 0 Å². The van der Waals surface area contributed by atoms with Gasteiger partial charge in [0.05, 0.1) is 6.04 Å². The quantitative estimate of drug-likeness (QED) is 0.801. The first-order valence-corrected chi connectivity index (χ1v) is 8.06. The summed E-state index contributed by atoms with van der Waals surface area (Å²) in [6, 6.07) is 13.5. The molecule has 1 atom stereocenters. The van der Waals surface area contributed by atoms with Crippen LogP contribution in [0.5, 0.6) is 0 Å². The lowest BCUT2D eigenvalue weighted by atomic mass is 9.88. The first-order chi connectivity index (χ1) is 10.2. The Morgan fingerprint density at radius 1 is 1.14 bits per heavy atom. The number of nitrogens with one attached hydrogen (secondary N) is 1. The molecule has 0 radical (unpaired) electrons. The highest BCUT2D eigenvalue weighted by atomic mass is 79.9. The molecule has 1 aromatic heterocycles. The van der Waals surface area contributed by atoms with Crippen LogP contribution in [0.3, 0.4) is 0 Å². The second kappa shape index (κ2) is 7.46. The average Bonchev–Trinajstić information content (AvgIpc) is 2.95. The summed E-state index contributed by atoms with van der Waals surface area (Å²) in [6.07, 6.45) is 2.02. The van der Waals surface area contributed by atoms with Crippen LogP contribution in [-0.4, -0.2) is 5.91 Å². The second-order valence-corrected chi connectivity index (χ2v) is 5.82. The molecule has 1 amide bonds. The molecule has 4 heteroatoms. The van der Waals surface area contributed by atoms with Gasteiger partial charge < -0.3 is 9.73 Å². The molecule has 1 aromatic carbocycles. The van der Waals surface area contributed by atoms with Crippen molar-refractivity contribution in [2.24, 2.45) is 5.92 Å². The first-order valence-electron chi connectivity index (χ1n) is 7.26. The second-order valence-electron chi connectivity index (χ2n) is 5.04. The molecule has 112 valence electrons. The number of amides is 1. The highest BCUT2D eigenvalue weighted by Gasteiger charge is 2.24. The normalized spacial score (nSPS) is 12.4. The van der Waals surface area contributed by atoms with Gasteiger partial charge in [0.2, 0.25) is 0 Å². The molecule has 3 nitrogen and oxygen atoms in total. The van der Waals surface area contributed by atoms with Crippen LogP contribution in [0.25, 0.3) is 0 Å². The van der Waals surface area contributed by atoms with Crippen LogP contribution < -0.4 is 5.32 Å². The molecule has 0 aliphatic rings. The lowest BCUT2D eigenvalue weighted by Gasteiger charge is -2.26. The summed E-state index contributed by atoms with van der Waals surface area (Å²) in [5, 5.41) is 3.11. The highest BCUT2D eigenvalue weighted by Crippen LogP contribution is 2.28. The Morgan fingerprint density at radius 2 is 1.81 bits per heavy atom. The molecular weight excluding hydrogens is 330 g/mol. The molecule has 0 spiro atoms. The number of halogens is 1. The maximum absolute atomic E-state index is 12.4. The molecule has 1 N–H and O–H groups in total. The van der Waals surface area contributed by atoms with E-state index in [1.165, 1.54) is 0 Å². The molecule has 2 rings (SSSR count). The van der Waals surface area contributed by atoms with Crippen LogP contribution in [0, 0.1) is 5.92 Å². The van der Waals surface area contributed by atoms with Gasteiger partial charge in [-0.3, -0.25) is 4.79 Å². The van der Waals surface area contributed by atoms with Crippen LogP contribution >= 0.6 is 15.9 Å². The van der Waals surface area contributed by atoms with Gasteiger partial charge in [-0.25, -0.2) is 0 Å². The van der Waals surface area contributed by atoms with Crippen LogP contribution in [-0.2, 0) is 0 Å². The molecule has 0 bridgehead atoms. The average molecular weight is 350 g/mol. The van der Waals surface area contributed by atoms with Crippen LogP contribution in [0.4, 0.5) is 0 Å². The number of hydrogen-bond donors (Lipinski definition) is 1. The highest BCUT2D eigenvalue weighted by molar-refractivity contribution is 9.10. The van der Waals surface area contributed by atoms with Crippen molar-refractivity contribution in [3.05, 3.63) is 58.5 Å². The van der Waals surface area contributed by atoms with Gasteiger partial charge in [0.1, 0.15) is 0 Å². The molecular formula is C17H20BrNO2. The van der Waals surface area contributed by atoms with E-state index in [2.05, 4.69) is 47.2 Å². The van der Waals surface area contributed by atoms with E-state index in [9.17, 15) is 4.79 Å². The monoisotopic (exact) mass is 349 g/mol. The number of benzene rings is 1. The van der Waals surface area contributed by atoms with Crippen molar-refractivity contribution in [1.82, 2.24) is 5.32 Å². The molecule has 0 aliphatic carbocycles. The fourth-order valence-corrected chi connectivity index (χ4v) is 2.85. The van der Waals surface area contributed by atoms with Gasteiger partial charge in [-0.05, 0) is 39.5 Å². The fraction of sp³-hybridized carbons (Fsp3) is 0.353. The summed E-state index contributed by atoms with van der Waals surface area (Å²) < 4.78 is 5.90. The van der Waals surface area contributed by atoms with E-state index in [0.717, 1.165) is 18.4 Å². The summed E-state index contributed by atoms with van der Waals surface area (Å²) in [7, 11) is 0. The fourth-order valence-electron chi connectivity index (χ4n) is 2.54. The van der Waals surface area contributed by atoms with Crippen LogP contribution in [0.2, 0.25) is 0 Å². The summed E-state index contributed by atoms with van der Waals surface area (Å²) in [5.74, 6) is 0.546. The van der Waals surface area contributed by atoms with Gasteiger partial charge in [-0.2, -0.15) is 0 Å². The lowest BCUT2D eigenvalue weighted by molar-refractivity contribution is 0.0890. The third-order valence-corrected chi connectivity index (χ3v) is 4.19. The van der Waals surface area contributed by atoms with Gasteiger partial charge in [-0.15, -0.1) is 0 Å². The van der Waals surface area contributed by atoms with Crippen LogP contribution in [0.1, 0.15) is 48.8 Å². The number of carbonyl (C=O) groups excluding carboxylic acids is 1. The van der Waals surface area contributed by atoms with E-state index in [4.69, 9.17) is 4.42 Å².